The van der Waals surface area contributed by atoms with E-state index in [0.29, 0.717) is 12.3 Å². The van der Waals surface area contributed by atoms with Gasteiger partial charge in [-0.3, -0.25) is 14.8 Å². The number of rotatable bonds is 3. The normalized spacial score (nSPS) is 18.2. The van der Waals surface area contributed by atoms with Crippen molar-refractivity contribution in [1.29, 1.82) is 0 Å². The third-order valence-corrected chi connectivity index (χ3v) is 5.35. The third-order valence-electron chi connectivity index (χ3n) is 4.28. The molecule has 0 spiro atoms. The van der Waals surface area contributed by atoms with Crippen molar-refractivity contribution in [3.05, 3.63) is 39.4 Å². The summed E-state index contributed by atoms with van der Waals surface area (Å²) in [5.41, 5.74) is 2.92. The molecule has 0 aliphatic carbocycles. The van der Waals surface area contributed by atoms with Gasteiger partial charge >= 0.3 is 0 Å². The summed E-state index contributed by atoms with van der Waals surface area (Å²) < 4.78 is 0. The first kappa shape index (κ1) is 16.1. The van der Waals surface area contributed by atoms with Crippen molar-refractivity contribution in [1.82, 2.24) is 19.9 Å². The number of carbonyl (C=O) groups is 1. The Morgan fingerprint density at radius 1 is 1.30 bits per heavy atom. The fourth-order valence-electron chi connectivity index (χ4n) is 3.11. The monoisotopic (exact) mass is 330 g/mol. The second-order valence-corrected chi connectivity index (χ2v) is 7.47. The maximum absolute atomic E-state index is 12.6. The second-order valence-electron chi connectivity index (χ2n) is 6.18. The van der Waals surface area contributed by atoms with E-state index in [-0.39, 0.29) is 5.91 Å². The van der Waals surface area contributed by atoms with Gasteiger partial charge in [0, 0.05) is 36.3 Å². The van der Waals surface area contributed by atoms with E-state index < -0.39 is 0 Å². The molecule has 1 aliphatic rings. The largest absolute Gasteiger partial charge is 0.342 e. The van der Waals surface area contributed by atoms with Crippen molar-refractivity contribution < 1.29 is 4.79 Å². The van der Waals surface area contributed by atoms with Gasteiger partial charge in [-0.2, -0.15) is 0 Å². The molecule has 1 unspecified atom stereocenters. The van der Waals surface area contributed by atoms with Crippen molar-refractivity contribution in [2.45, 2.75) is 46.0 Å². The van der Waals surface area contributed by atoms with Crippen LogP contribution in [0, 0.1) is 20.8 Å². The van der Waals surface area contributed by atoms with Gasteiger partial charge in [-0.25, -0.2) is 4.98 Å². The summed E-state index contributed by atoms with van der Waals surface area (Å²) in [6.45, 7) is 7.50. The number of carbonyl (C=O) groups excluding carboxylic acids is 1. The number of aromatic nitrogens is 3. The Morgan fingerprint density at radius 3 is 2.83 bits per heavy atom. The van der Waals surface area contributed by atoms with Crippen LogP contribution in [0.5, 0.6) is 0 Å². The van der Waals surface area contributed by atoms with Crippen LogP contribution >= 0.6 is 11.3 Å². The van der Waals surface area contributed by atoms with Crippen LogP contribution in [-0.4, -0.2) is 38.8 Å². The highest BCUT2D eigenvalue weighted by molar-refractivity contribution is 7.11. The third kappa shape index (κ3) is 3.75. The molecule has 6 heteroatoms. The lowest BCUT2D eigenvalue weighted by Gasteiger charge is -2.32. The van der Waals surface area contributed by atoms with E-state index in [4.69, 9.17) is 0 Å². The van der Waals surface area contributed by atoms with E-state index in [1.54, 1.807) is 17.5 Å². The number of hydrogen-bond acceptors (Lipinski definition) is 5. The highest BCUT2D eigenvalue weighted by atomic mass is 32.1. The van der Waals surface area contributed by atoms with Crippen molar-refractivity contribution in [3.8, 4) is 0 Å². The van der Waals surface area contributed by atoms with Gasteiger partial charge in [0.25, 0.3) is 0 Å². The smallest absolute Gasteiger partial charge is 0.227 e. The molecule has 5 nitrogen and oxygen atoms in total. The van der Waals surface area contributed by atoms with E-state index in [9.17, 15) is 4.79 Å². The van der Waals surface area contributed by atoms with Crippen LogP contribution in [-0.2, 0) is 11.2 Å². The quantitative estimate of drug-likeness (QED) is 0.868. The molecule has 122 valence electrons. The van der Waals surface area contributed by atoms with E-state index in [1.807, 2.05) is 31.9 Å². The SMILES string of the molecule is Cc1cncc(C2CCCN(C(=O)Cc3sc(C)nc3C)C2)n1. The minimum atomic E-state index is 0.196. The van der Waals surface area contributed by atoms with Crippen LogP contribution in [0.15, 0.2) is 12.4 Å². The Balaban J connectivity index is 1.68. The van der Waals surface area contributed by atoms with E-state index in [0.717, 1.165) is 52.9 Å². The summed E-state index contributed by atoms with van der Waals surface area (Å²) in [6, 6.07) is 0. The molecule has 1 atom stereocenters. The molecule has 2 aromatic heterocycles. The maximum atomic E-state index is 12.6. The molecule has 1 fully saturated rings. The Hall–Kier alpha value is -1.82. The first-order valence-corrected chi connectivity index (χ1v) is 8.84. The standard InChI is InChI=1S/C17H22N4OS/c1-11-8-18-9-15(19-11)14-5-4-6-21(10-14)17(22)7-16-12(2)20-13(3)23-16/h8-9,14H,4-7,10H2,1-3H3. The predicted octanol–water partition coefficient (Wildman–Crippen LogP) is 2.81. The molecule has 1 aliphatic heterocycles. The summed E-state index contributed by atoms with van der Waals surface area (Å²) in [5, 5.41) is 1.02. The van der Waals surface area contributed by atoms with Crippen LogP contribution < -0.4 is 0 Å². The Kier molecular flexibility index (Phi) is 4.71. The van der Waals surface area contributed by atoms with Gasteiger partial charge in [-0.15, -0.1) is 11.3 Å². The Morgan fingerprint density at radius 2 is 2.13 bits per heavy atom. The molecular formula is C17H22N4OS. The van der Waals surface area contributed by atoms with Gasteiger partial charge in [0.1, 0.15) is 0 Å². The molecular weight excluding hydrogens is 308 g/mol. The van der Waals surface area contributed by atoms with Crippen molar-refractivity contribution in [2.24, 2.45) is 0 Å². The number of thiazole rings is 1. The zero-order valence-electron chi connectivity index (χ0n) is 13.9. The van der Waals surface area contributed by atoms with Crippen LogP contribution in [0.1, 0.15) is 45.7 Å². The zero-order valence-corrected chi connectivity index (χ0v) is 14.7. The first-order valence-electron chi connectivity index (χ1n) is 8.02. The molecule has 1 saturated heterocycles. The summed E-state index contributed by atoms with van der Waals surface area (Å²) in [4.78, 5) is 28.9. The lowest BCUT2D eigenvalue weighted by Crippen LogP contribution is -2.40. The summed E-state index contributed by atoms with van der Waals surface area (Å²) in [5.74, 6) is 0.492. The minimum Gasteiger partial charge on any atom is -0.342 e. The molecule has 3 rings (SSSR count). The fourth-order valence-corrected chi connectivity index (χ4v) is 4.04. The van der Waals surface area contributed by atoms with Gasteiger partial charge in [0.15, 0.2) is 0 Å². The number of piperidine rings is 1. The van der Waals surface area contributed by atoms with Crippen molar-refractivity contribution in [2.75, 3.05) is 13.1 Å². The molecule has 23 heavy (non-hydrogen) atoms. The Bertz CT molecular complexity index is 712. The van der Waals surface area contributed by atoms with Crippen LogP contribution in [0.25, 0.3) is 0 Å². The van der Waals surface area contributed by atoms with Gasteiger partial charge in [-0.1, -0.05) is 0 Å². The van der Waals surface area contributed by atoms with Crippen molar-refractivity contribution in [3.63, 3.8) is 0 Å². The van der Waals surface area contributed by atoms with E-state index >= 15 is 0 Å². The molecule has 2 aromatic rings. The van der Waals surface area contributed by atoms with Crippen LogP contribution in [0.3, 0.4) is 0 Å². The number of nitrogens with zero attached hydrogens (tertiary/aromatic N) is 4. The molecule has 0 saturated carbocycles. The molecule has 0 bridgehead atoms. The van der Waals surface area contributed by atoms with E-state index in [1.165, 1.54) is 0 Å². The number of likely N-dealkylation sites (tertiary alicyclic amines) is 1. The van der Waals surface area contributed by atoms with Gasteiger partial charge in [0.2, 0.25) is 5.91 Å². The molecule has 0 radical (unpaired) electrons. The minimum absolute atomic E-state index is 0.196. The van der Waals surface area contributed by atoms with Crippen molar-refractivity contribution >= 4 is 17.2 Å². The summed E-state index contributed by atoms with van der Waals surface area (Å²) in [7, 11) is 0. The van der Waals surface area contributed by atoms with Gasteiger partial charge in [0.05, 0.1) is 28.5 Å². The molecule has 1 amide bonds. The summed E-state index contributed by atoms with van der Waals surface area (Å²) in [6.07, 6.45) is 6.16. The Labute approximate surface area is 140 Å². The highest BCUT2D eigenvalue weighted by Crippen LogP contribution is 2.26. The van der Waals surface area contributed by atoms with Gasteiger partial charge < -0.3 is 4.90 Å². The molecule has 0 aromatic carbocycles. The number of amides is 1. The number of aryl methyl sites for hydroxylation is 3. The zero-order chi connectivity index (χ0) is 16.4. The predicted molar refractivity (Wildman–Crippen MR) is 90.6 cm³/mol. The van der Waals surface area contributed by atoms with Crippen LogP contribution in [0.4, 0.5) is 0 Å². The van der Waals surface area contributed by atoms with E-state index in [2.05, 4.69) is 15.0 Å². The average Bonchev–Trinajstić information content (AvgIpc) is 2.85. The lowest BCUT2D eigenvalue weighted by atomic mass is 9.94. The maximum Gasteiger partial charge on any atom is 0.227 e. The molecule has 0 N–H and O–H groups in total. The summed E-state index contributed by atoms with van der Waals surface area (Å²) >= 11 is 1.62. The highest BCUT2D eigenvalue weighted by Gasteiger charge is 2.26. The topological polar surface area (TPSA) is 59.0 Å². The number of hydrogen-bond donors (Lipinski definition) is 0. The molecule has 3 heterocycles. The van der Waals surface area contributed by atoms with Crippen LogP contribution in [0.2, 0.25) is 0 Å². The van der Waals surface area contributed by atoms with Gasteiger partial charge in [-0.05, 0) is 33.6 Å². The fraction of sp³-hybridized carbons (Fsp3) is 0.529. The first-order chi connectivity index (χ1) is 11.0. The average molecular weight is 330 g/mol. The lowest BCUT2D eigenvalue weighted by molar-refractivity contribution is -0.131. The second kappa shape index (κ2) is 6.74.